The normalized spacial score (nSPS) is 18.2. The van der Waals surface area contributed by atoms with Gasteiger partial charge in [-0.15, -0.1) is 0 Å². The zero-order chi connectivity index (χ0) is 13.2. The molecule has 0 aromatic heterocycles. The molecule has 0 bridgehead atoms. The Labute approximate surface area is 107 Å². The minimum Gasteiger partial charge on any atom is -0.496 e. The van der Waals surface area contributed by atoms with Crippen molar-refractivity contribution >= 4 is 0 Å². The first-order valence-corrected chi connectivity index (χ1v) is 6.10. The largest absolute Gasteiger partial charge is 0.496 e. The summed E-state index contributed by atoms with van der Waals surface area (Å²) in [5, 5.41) is 11.0. The fourth-order valence-electron chi connectivity index (χ4n) is 2.45. The van der Waals surface area contributed by atoms with E-state index in [2.05, 4.69) is 0 Å². The monoisotopic (exact) mass is 252 g/mol. The molecule has 1 aliphatic carbocycles. The van der Waals surface area contributed by atoms with E-state index in [0.29, 0.717) is 17.1 Å². The second-order valence-electron chi connectivity index (χ2n) is 4.67. The molecule has 1 aromatic carbocycles. The summed E-state index contributed by atoms with van der Waals surface area (Å²) in [5.41, 5.74) is -0.341. The first kappa shape index (κ1) is 13.2. The molecule has 4 heteroatoms. The van der Waals surface area contributed by atoms with Crippen LogP contribution in [0.2, 0.25) is 0 Å². The highest BCUT2D eigenvalue weighted by atomic mass is 16.5. The lowest BCUT2D eigenvalue weighted by atomic mass is 9.88. The maximum atomic E-state index is 11.0. The summed E-state index contributed by atoms with van der Waals surface area (Å²) in [6.07, 6.45) is 2.00. The van der Waals surface area contributed by atoms with Gasteiger partial charge in [-0.1, -0.05) is 6.07 Å². The van der Waals surface area contributed by atoms with Crippen molar-refractivity contribution < 1.29 is 19.3 Å². The number of hydrogen-bond acceptors (Lipinski definition) is 4. The van der Waals surface area contributed by atoms with Crippen LogP contribution in [0.25, 0.3) is 0 Å². The summed E-state index contributed by atoms with van der Waals surface area (Å²) in [6.45, 7) is 0.244. The number of rotatable bonds is 6. The van der Waals surface area contributed by atoms with Gasteiger partial charge in [-0.3, -0.25) is 0 Å². The third kappa shape index (κ3) is 2.18. The lowest BCUT2D eigenvalue weighted by Gasteiger charge is -2.30. The zero-order valence-corrected chi connectivity index (χ0v) is 11.1. The minimum atomic E-state index is -1.04. The van der Waals surface area contributed by atoms with E-state index in [4.69, 9.17) is 14.2 Å². The third-order valence-electron chi connectivity index (χ3n) is 3.48. The maximum Gasteiger partial charge on any atom is 0.128 e. The minimum absolute atomic E-state index is 0.211. The predicted octanol–water partition coefficient (Wildman–Crippen LogP) is 1.95. The highest BCUT2D eigenvalue weighted by Gasteiger charge is 2.48. The van der Waals surface area contributed by atoms with Gasteiger partial charge in [0, 0.05) is 7.11 Å². The van der Waals surface area contributed by atoms with Crippen LogP contribution in [0.15, 0.2) is 18.2 Å². The summed E-state index contributed by atoms with van der Waals surface area (Å²) in [4.78, 5) is 0. The molecule has 0 amide bonds. The molecule has 1 atom stereocenters. The highest BCUT2D eigenvalue weighted by Crippen LogP contribution is 2.51. The van der Waals surface area contributed by atoms with Gasteiger partial charge in [0.25, 0.3) is 0 Å². The molecule has 1 fully saturated rings. The van der Waals surface area contributed by atoms with Crippen LogP contribution in [0.3, 0.4) is 0 Å². The molecule has 0 saturated heterocycles. The average molecular weight is 252 g/mol. The Morgan fingerprint density at radius 1 is 1.17 bits per heavy atom. The van der Waals surface area contributed by atoms with Crippen LogP contribution >= 0.6 is 0 Å². The van der Waals surface area contributed by atoms with Gasteiger partial charge < -0.3 is 19.3 Å². The van der Waals surface area contributed by atoms with Gasteiger partial charge >= 0.3 is 0 Å². The Kier molecular flexibility index (Phi) is 3.78. The van der Waals surface area contributed by atoms with Crippen molar-refractivity contribution in [2.45, 2.75) is 18.4 Å². The van der Waals surface area contributed by atoms with Gasteiger partial charge in [-0.05, 0) is 30.9 Å². The van der Waals surface area contributed by atoms with Crippen molar-refractivity contribution in [3.05, 3.63) is 23.8 Å². The van der Waals surface area contributed by atoms with E-state index in [1.165, 1.54) is 0 Å². The Morgan fingerprint density at radius 3 is 2.11 bits per heavy atom. The molecule has 0 spiro atoms. The van der Waals surface area contributed by atoms with Crippen molar-refractivity contribution in [2.24, 2.45) is 5.92 Å². The van der Waals surface area contributed by atoms with Gasteiger partial charge in [0.15, 0.2) is 0 Å². The van der Waals surface area contributed by atoms with Crippen LogP contribution in [0.5, 0.6) is 11.5 Å². The molecule has 1 aliphatic rings. The van der Waals surface area contributed by atoms with Crippen LogP contribution in [0, 0.1) is 5.92 Å². The van der Waals surface area contributed by atoms with Gasteiger partial charge in [-0.2, -0.15) is 0 Å². The second-order valence-corrected chi connectivity index (χ2v) is 4.67. The molecular formula is C14H20O4. The number of ether oxygens (including phenoxy) is 3. The molecule has 1 saturated carbocycles. The molecule has 0 radical (unpaired) electrons. The van der Waals surface area contributed by atoms with Crippen LogP contribution < -0.4 is 9.47 Å². The van der Waals surface area contributed by atoms with Crippen molar-refractivity contribution in [2.75, 3.05) is 27.9 Å². The fourth-order valence-corrected chi connectivity index (χ4v) is 2.45. The fraction of sp³-hybridized carbons (Fsp3) is 0.571. The topological polar surface area (TPSA) is 47.9 Å². The first-order chi connectivity index (χ1) is 8.67. The summed E-state index contributed by atoms with van der Waals surface area (Å²) in [6, 6.07) is 5.52. The van der Waals surface area contributed by atoms with E-state index in [9.17, 15) is 5.11 Å². The van der Waals surface area contributed by atoms with Crippen molar-refractivity contribution in [3.63, 3.8) is 0 Å². The van der Waals surface area contributed by atoms with Crippen molar-refractivity contribution in [3.8, 4) is 11.5 Å². The van der Waals surface area contributed by atoms with E-state index in [1.54, 1.807) is 21.3 Å². The van der Waals surface area contributed by atoms with Gasteiger partial charge in [0.2, 0.25) is 0 Å². The first-order valence-electron chi connectivity index (χ1n) is 6.10. The molecule has 1 aromatic rings. The predicted molar refractivity (Wildman–Crippen MR) is 68.0 cm³/mol. The molecule has 0 heterocycles. The van der Waals surface area contributed by atoms with E-state index in [-0.39, 0.29) is 12.5 Å². The zero-order valence-electron chi connectivity index (χ0n) is 11.1. The number of benzene rings is 1. The average Bonchev–Trinajstić information content (AvgIpc) is 3.22. The molecule has 0 aliphatic heterocycles. The summed E-state index contributed by atoms with van der Waals surface area (Å²) < 4.78 is 15.9. The van der Waals surface area contributed by atoms with E-state index in [0.717, 1.165) is 12.8 Å². The Bertz CT molecular complexity index is 392. The van der Waals surface area contributed by atoms with Crippen molar-refractivity contribution in [1.29, 1.82) is 0 Å². The standard InChI is InChI=1S/C14H20O4/c1-16-9-14(15,10-7-8-10)13-11(17-2)5-4-6-12(13)18-3/h4-6,10,15H,7-9H2,1-3H3. The molecule has 18 heavy (non-hydrogen) atoms. The van der Waals surface area contributed by atoms with Gasteiger partial charge in [0.1, 0.15) is 17.1 Å². The highest BCUT2D eigenvalue weighted by molar-refractivity contribution is 5.49. The Hall–Kier alpha value is -1.26. The molecule has 4 nitrogen and oxygen atoms in total. The van der Waals surface area contributed by atoms with Crippen LogP contribution in [0.1, 0.15) is 18.4 Å². The number of methoxy groups -OCH3 is 3. The van der Waals surface area contributed by atoms with Crippen LogP contribution in [-0.2, 0) is 10.3 Å². The Morgan fingerprint density at radius 2 is 1.72 bits per heavy atom. The summed E-state index contributed by atoms with van der Waals surface area (Å²) in [7, 11) is 4.78. The smallest absolute Gasteiger partial charge is 0.128 e. The lowest BCUT2D eigenvalue weighted by Crippen LogP contribution is -2.34. The van der Waals surface area contributed by atoms with Crippen LogP contribution in [-0.4, -0.2) is 33.0 Å². The summed E-state index contributed by atoms with van der Waals surface area (Å²) >= 11 is 0. The van der Waals surface area contributed by atoms with Crippen molar-refractivity contribution in [1.82, 2.24) is 0 Å². The van der Waals surface area contributed by atoms with E-state index in [1.807, 2.05) is 18.2 Å². The lowest BCUT2D eigenvalue weighted by molar-refractivity contribution is -0.0559. The Balaban J connectivity index is 2.51. The third-order valence-corrected chi connectivity index (χ3v) is 3.48. The van der Waals surface area contributed by atoms with E-state index < -0.39 is 5.60 Å². The summed E-state index contributed by atoms with van der Waals surface area (Å²) in [5.74, 6) is 1.49. The molecule has 1 unspecified atom stereocenters. The molecule has 1 N–H and O–H groups in total. The number of aliphatic hydroxyl groups is 1. The maximum absolute atomic E-state index is 11.0. The molecule has 2 rings (SSSR count). The molecular weight excluding hydrogens is 232 g/mol. The number of hydrogen-bond donors (Lipinski definition) is 1. The molecule has 100 valence electrons. The van der Waals surface area contributed by atoms with Gasteiger partial charge in [0.05, 0.1) is 26.4 Å². The SMILES string of the molecule is COCC(O)(c1c(OC)cccc1OC)C1CC1. The van der Waals surface area contributed by atoms with Crippen LogP contribution in [0.4, 0.5) is 0 Å². The van der Waals surface area contributed by atoms with E-state index >= 15 is 0 Å². The van der Waals surface area contributed by atoms with Gasteiger partial charge in [-0.25, -0.2) is 0 Å². The quantitative estimate of drug-likeness (QED) is 0.840. The second kappa shape index (κ2) is 5.16.